The summed E-state index contributed by atoms with van der Waals surface area (Å²) in [6.07, 6.45) is 5.57. The number of pyridine rings is 1. The van der Waals surface area contributed by atoms with E-state index in [2.05, 4.69) is 21.8 Å². The molecule has 2 aromatic heterocycles. The van der Waals surface area contributed by atoms with E-state index in [1.807, 2.05) is 31.1 Å². The summed E-state index contributed by atoms with van der Waals surface area (Å²) >= 11 is 0. The molecule has 2 aliphatic heterocycles. The van der Waals surface area contributed by atoms with Gasteiger partial charge in [-0.05, 0) is 38.4 Å². The lowest BCUT2D eigenvalue weighted by atomic mass is 9.99. The van der Waals surface area contributed by atoms with Crippen molar-refractivity contribution < 1.29 is 4.79 Å². The Morgan fingerprint density at radius 2 is 2.04 bits per heavy atom. The van der Waals surface area contributed by atoms with Crippen LogP contribution in [0.2, 0.25) is 0 Å². The monoisotopic (exact) mass is 380 g/mol. The van der Waals surface area contributed by atoms with E-state index in [1.54, 1.807) is 12.3 Å². The maximum Gasteiger partial charge on any atom is 0.273 e. The van der Waals surface area contributed by atoms with Crippen LogP contribution in [0.4, 0.5) is 5.82 Å². The quantitative estimate of drug-likeness (QED) is 0.814. The summed E-state index contributed by atoms with van der Waals surface area (Å²) < 4.78 is 0. The molecule has 0 bridgehead atoms. The Kier molecular flexibility index (Phi) is 5.26. The van der Waals surface area contributed by atoms with E-state index >= 15 is 0 Å². The first kappa shape index (κ1) is 18.8. The highest BCUT2D eigenvalue weighted by molar-refractivity contribution is 5.92. The molecule has 0 aromatic carbocycles. The second-order valence-corrected chi connectivity index (χ2v) is 7.94. The van der Waals surface area contributed by atoms with E-state index in [4.69, 9.17) is 9.97 Å². The van der Waals surface area contributed by atoms with Crippen LogP contribution in [0.5, 0.6) is 0 Å². The normalized spacial score (nSPS) is 20.0. The third-order valence-corrected chi connectivity index (χ3v) is 5.62. The Morgan fingerprint density at radius 3 is 2.79 bits per heavy atom. The summed E-state index contributed by atoms with van der Waals surface area (Å²) in [7, 11) is 6.18. The first-order chi connectivity index (χ1) is 13.5. The molecule has 0 spiro atoms. The van der Waals surface area contributed by atoms with Gasteiger partial charge in [0.15, 0.2) is 5.82 Å². The minimum Gasteiger partial charge on any atom is -0.362 e. The lowest BCUT2D eigenvalue weighted by Gasteiger charge is -2.36. The van der Waals surface area contributed by atoms with E-state index in [1.165, 1.54) is 5.56 Å². The van der Waals surface area contributed by atoms with Crippen molar-refractivity contribution in [1.82, 2.24) is 24.8 Å². The molecule has 0 radical (unpaired) electrons. The molecule has 0 N–H and O–H groups in total. The van der Waals surface area contributed by atoms with E-state index in [0.29, 0.717) is 5.69 Å². The first-order valence-corrected chi connectivity index (χ1v) is 10.0. The lowest BCUT2D eigenvalue weighted by molar-refractivity contribution is 0.0593. The third-order valence-electron chi connectivity index (χ3n) is 5.62. The van der Waals surface area contributed by atoms with Crippen LogP contribution in [0.25, 0.3) is 0 Å². The Balaban J connectivity index is 1.72. The molecule has 28 heavy (non-hydrogen) atoms. The highest BCUT2D eigenvalue weighted by Gasteiger charge is 2.33. The number of carbonyl (C=O) groups excluding carboxylic acids is 1. The highest BCUT2D eigenvalue weighted by Crippen LogP contribution is 2.33. The summed E-state index contributed by atoms with van der Waals surface area (Å²) in [5.74, 6) is 1.72. The number of fused-ring (bicyclic) bond motifs is 1. The number of likely N-dealkylation sites (N-methyl/N-ethyl adjacent to an activating group) is 1. The molecular weight excluding hydrogens is 352 g/mol. The standard InChI is InChI=1S/C21H28N6O/c1-25(2)20-15-14-26(3)13-10-16(15)23-19(24-20)18-9-5-7-12-27(18)21(28)17-8-4-6-11-22-17/h4,6,8,11,18H,5,7,9-10,12-14H2,1-3H3/t18-/m0/s1. The SMILES string of the molecule is CN1CCc2nc([C@@H]3CCCCN3C(=O)c3ccccn3)nc(N(C)C)c2C1. The Bertz CT molecular complexity index is 853. The van der Waals surface area contributed by atoms with Gasteiger partial charge in [-0.2, -0.15) is 0 Å². The zero-order chi connectivity index (χ0) is 19.7. The van der Waals surface area contributed by atoms with Crippen molar-refractivity contribution in [2.75, 3.05) is 39.1 Å². The maximum absolute atomic E-state index is 13.1. The van der Waals surface area contributed by atoms with Crippen molar-refractivity contribution in [1.29, 1.82) is 0 Å². The number of likely N-dealkylation sites (tertiary alicyclic amines) is 1. The number of rotatable bonds is 3. The molecule has 0 aliphatic carbocycles. The third kappa shape index (κ3) is 3.58. The highest BCUT2D eigenvalue weighted by atomic mass is 16.2. The van der Waals surface area contributed by atoms with E-state index in [0.717, 1.165) is 62.7 Å². The number of amides is 1. The second-order valence-electron chi connectivity index (χ2n) is 7.94. The minimum absolute atomic E-state index is 0.0299. The van der Waals surface area contributed by atoms with Crippen LogP contribution >= 0.6 is 0 Å². The van der Waals surface area contributed by atoms with Crippen molar-refractivity contribution in [3.8, 4) is 0 Å². The summed E-state index contributed by atoms with van der Waals surface area (Å²) in [6, 6.07) is 5.38. The molecule has 7 heteroatoms. The molecule has 0 saturated carbocycles. The Morgan fingerprint density at radius 1 is 1.18 bits per heavy atom. The molecule has 2 aromatic rings. The fraction of sp³-hybridized carbons (Fsp3) is 0.524. The van der Waals surface area contributed by atoms with Crippen LogP contribution in [0.15, 0.2) is 24.4 Å². The van der Waals surface area contributed by atoms with Crippen molar-refractivity contribution in [3.05, 3.63) is 47.2 Å². The average Bonchev–Trinajstić information content (AvgIpc) is 2.73. The largest absolute Gasteiger partial charge is 0.362 e. The van der Waals surface area contributed by atoms with Gasteiger partial charge in [-0.15, -0.1) is 0 Å². The molecule has 148 valence electrons. The molecule has 4 rings (SSSR count). The van der Waals surface area contributed by atoms with Crippen LogP contribution in [0, 0.1) is 0 Å². The molecule has 1 saturated heterocycles. The predicted molar refractivity (Wildman–Crippen MR) is 108 cm³/mol. The molecule has 1 fully saturated rings. The zero-order valence-corrected chi connectivity index (χ0v) is 16.9. The van der Waals surface area contributed by atoms with Gasteiger partial charge in [0.05, 0.1) is 11.7 Å². The molecule has 7 nitrogen and oxygen atoms in total. The van der Waals surface area contributed by atoms with Gasteiger partial charge in [0.25, 0.3) is 5.91 Å². The van der Waals surface area contributed by atoms with Crippen LogP contribution in [-0.4, -0.2) is 64.9 Å². The van der Waals surface area contributed by atoms with Crippen molar-refractivity contribution in [2.45, 2.75) is 38.3 Å². The fourth-order valence-electron chi connectivity index (χ4n) is 4.15. The summed E-state index contributed by atoms with van der Waals surface area (Å²) in [4.78, 5) is 33.6. The number of piperidine rings is 1. The summed E-state index contributed by atoms with van der Waals surface area (Å²) in [6.45, 7) is 2.59. The van der Waals surface area contributed by atoms with Gasteiger partial charge in [0, 0.05) is 51.9 Å². The van der Waals surface area contributed by atoms with Gasteiger partial charge in [-0.25, -0.2) is 9.97 Å². The molecule has 1 atom stereocenters. The Hall–Kier alpha value is -2.54. The minimum atomic E-state index is -0.0908. The predicted octanol–water partition coefficient (Wildman–Crippen LogP) is 2.29. The topological polar surface area (TPSA) is 65.5 Å². The van der Waals surface area contributed by atoms with Crippen molar-refractivity contribution in [3.63, 3.8) is 0 Å². The van der Waals surface area contributed by atoms with Gasteiger partial charge in [0.1, 0.15) is 11.5 Å². The molecule has 2 aliphatic rings. The van der Waals surface area contributed by atoms with Gasteiger partial charge < -0.3 is 14.7 Å². The molecular formula is C21H28N6O. The van der Waals surface area contributed by atoms with Gasteiger partial charge >= 0.3 is 0 Å². The van der Waals surface area contributed by atoms with Crippen molar-refractivity contribution >= 4 is 11.7 Å². The smallest absolute Gasteiger partial charge is 0.273 e. The summed E-state index contributed by atoms with van der Waals surface area (Å²) in [5.41, 5.74) is 2.82. The fourth-order valence-corrected chi connectivity index (χ4v) is 4.15. The van der Waals surface area contributed by atoms with Crippen LogP contribution in [-0.2, 0) is 13.0 Å². The molecule has 0 unspecified atom stereocenters. The zero-order valence-electron chi connectivity index (χ0n) is 16.9. The number of carbonyl (C=O) groups is 1. The van der Waals surface area contributed by atoms with Gasteiger partial charge in [0.2, 0.25) is 0 Å². The maximum atomic E-state index is 13.1. The van der Waals surface area contributed by atoms with E-state index in [-0.39, 0.29) is 11.9 Å². The van der Waals surface area contributed by atoms with Gasteiger partial charge in [-0.1, -0.05) is 6.07 Å². The number of hydrogen-bond donors (Lipinski definition) is 0. The number of anilines is 1. The lowest BCUT2D eigenvalue weighted by Crippen LogP contribution is -2.40. The summed E-state index contributed by atoms with van der Waals surface area (Å²) in [5, 5.41) is 0. The van der Waals surface area contributed by atoms with Gasteiger partial charge in [-0.3, -0.25) is 9.78 Å². The average molecular weight is 380 g/mol. The number of nitrogens with zero attached hydrogens (tertiary/aromatic N) is 6. The number of aromatic nitrogens is 3. The van der Waals surface area contributed by atoms with E-state index < -0.39 is 0 Å². The second kappa shape index (κ2) is 7.83. The Labute approximate surface area is 166 Å². The molecule has 4 heterocycles. The van der Waals surface area contributed by atoms with Crippen LogP contribution in [0.3, 0.4) is 0 Å². The van der Waals surface area contributed by atoms with E-state index in [9.17, 15) is 4.79 Å². The van der Waals surface area contributed by atoms with Crippen molar-refractivity contribution in [2.24, 2.45) is 0 Å². The van der Waals surface area contributed by atoms with Crippen LogP contribution in [0.1, 0.15) is 52.9 Å². The van der Waals surface area contributed by atoms with Crippen LogP contribution < -0.4 is 4.90 Å². The number of hydrogen-bond acceptors (Lipinski definition) is 6. The molecule has 1 amide bonds. The first-order valence-electron chi connectivity index (χ1n) is 10.0.